The van der Waals surface area contributed by atoms with Gasteiger partial charge in [-0.25, -0.2) is 4.98 Å². The summed E-state index contributed by atoms with van der Waals surface area (Å²) in [6, 6.07) is 2.16. The van der Waals surface area contributed by atoms with Gasteiger partial charge in [0.1, 0.15) is 0 Å². The molecule has 4 nitrogen and oxygen atoms in total. The third-order valence-corrected chi connectivity index (χ3v) is 1.17. The average Bonchev–Trinajstić information content (AvgIpc) is 2.06. The zero-order valence-electron chi connectivity index (χ0n) is 6.57. The van der Waals surface area contributed by atoms with Gasteiger partial charge < -0.3 is 9.47 Å². The highest BCUT2D eigenvalue weighted by Gasteiger charge is 1.96. The molecule has 0 aliphatic carbocycles. The fourth-order valence-corrected chi connectivity index (χ4v) is 0.703. The number of hydrogen-bond acceptors (Lipinski definition) is 4. The van der Waals surface area contributed by atoms with Gasteiger partial charge in [-0.05, 0) is 6.07 Å². The predicted octanol–water partition coefficient (Wildman–Crippen LogP) is 0.632. The molecule has 0 unspecified atom stereocenters. The maximum absolute atomic E-state index is 4.88. The minimum atomic E-state index is 0.375. The normalized spacial score (nSPS) is 9.64. The summed E-state index contributed by atoms with van der Waals surface area (Å²) in [4.78, 5) is 7.87. The second kappa shape index (κ2) is 3.88. The van der Waals surface area contributed by atoms with Crippen molar-refractivity contribution in [1.29, 1.82) is 0 Å². The van der Waals surface area contributed by atoms with Crippen LogP contribution in [0.4, 0.5) is 0 Å². The van der Waals surface area contributed by atoms with Gasteiger partial charge in [0.05, 0.1) is 19.4 Å². The maximum Gasteiger partial charge on any atom is 0.316 e. The van der Waals surface area contributed by atoms with Gasteiger partial charge in [-0.2, -0.15) is 4.98 Å². The van der Waals surface area contributed by atoms with Gasteiger partial charge in [0, 0.05) is 13.3 Å². The largest absolute Gasteiger partial charge is 0.467 e. The van der Waals surface area contributed by atoms with Crippen LogP contribution in [0.2, 0.25) is 0 Å². The second-order valence-corrected chi connectivity index (χ2v) is 1.97. The lowest BCUT2D eigenvalue weighted by Gasteiger charge is -1.99. The van der Waals surface area contributed by atoms with Gasteiger partial charge in [0.25, 0.3) is 0 Å². The molecule has 60 valence electrons. The monoisotopic (exact) mass is 154 g/mol. The highest BCUT2D eigenvalue weighted by atomic mass is 16.5. The molecule has 0 atom stereocenters. The van der Waals surface area contributed by atoms with Gasteiger partial charge in [-0.1, -0.05) is 0 Å². The molecule has 11 heavy (non-hydrogen) atoms. The molecule has 0 spiro atoms. The molecule has 4 heteroatoms. The van der Waals surface area contributed by atoms with Crippen LogP contribution in [0, 0.1) is 0 Å². The molecule has 1 rings (SSSR count). The van der Waals surface area contributed by atoms with E-state index in [1.807, 2.05) is 0 Å². The molecule has 0 aliphatic rings. The van der Waals surface area contributed by atoms with E-state index in [0.717, 1.165) is 5.69 Å². The van der Waals surface area contributed by atoms with E-state index in [1.165, 1.54) is 7.11 Å². The summed E-state index contributed by atoms with van der Waals surface area (Å²) in [5.41, 5.74) is 0.819. The maximum atomic E-state index is 4.88. The van der Waals surface area contributed by atoms with Crippen molar-refractivity contribution in [2.75, 3.05) is 14.2 Å². The fourth-order valence-electron chi connectivity index (χ4n) is 0.703. The van der Waals surface area contributed by atoms with Crippen molar-refractivity contribution < 1.29 is 9.47 Å². The average molecular weight is 154 g/mol. The second-order valence-electron chi connectivity index (χ2n) is 1.97. The third kappa shape index (κ3) is 2.16. The highest BCUT2D eigenvalue weighted by molar-refractivity contribution is 5.03. The summed E-state index contributed by atoms with van der Waals surface area (Å²) in [6.45, 7) is 0.485. The van der Waals surface area contributed by atoms with E-state index in [2.05, 4.69) is 9.97 Å². The van der Waals surface area contributed by atoms with E-state index in [-0.39, 0.29) is 0 Å². The molecule has 0 aromatic carbocycles. The van der Waals surface area contributed by atoms with Crippen molar-refractivity contribution in [1.82, 2.24) is 9.97 Å². The van der Waals surface area contributed by atoms with Crippen LogP contribution in [0.5, 0.6) is 6.01 Å². The van der Waals surface area contributed by atoms with Gasteiger partial charge in [0.15, 0.2) is 0 Å². The van der Waals surface area contributed by atoms with Crippen LogP contribution >= 0.6 is 0 Å². The molecule has 0 amide bonds. The Morgan fingerprint density at radius 3 is 2.91 bits per heavy atom. The first-order chi connectivity index (χ1) is 5.36. The molecule has 1 heterocycles. The molecule has 0 N–H and O–H groups in total. The molecule has 1 aromatic heterocycles. The minimum Gasteiger partial charge on any atom is -0.467 e. The van der Waals surface area contributed by atoms with E-state index in [4.69, 9.17) is 9.47 Å². The lowest BCUT2D eigenvalue weighted by Crippen LogP contribution is -1.96. The van der Waals surface area contributed by atoms with Gasteiger partial charge in [-0.15, -0.1) is 0 Å². The molecular weight excluding hydrogens is 144 g/mol. The lowest BCUT2D eigenvalue weighted by molar-refractivity contribution is 0.180. The summed E-state index contributed by atoms with van der Waals surface area (Å²) in [7, 11) is 3.15. The molecule has 0 saturated carbocycles. The number of methoxy groups -OCH3 is 2. The van der Waals surface area contributed by atoms with Crippen molar-refractivity contribution in [3.63, 3.8) is 0 Å². The number of hydrogen-bond donors (Lipinski definition) is 0. The van der Waals surface area contributed by atoms with E-state index in [1.54, 1.807) is 19.4 Å². The quantitative estimate of drug-likeness (QED) is 0.640. The summed E-state index contributed by atoms with van der Waals surface area (Å²) < 4.78 is 9.70. The highest BCUT2D eigenvalue weighted by Crippen LogP contribution is 2.02. The van der Waals surface area contributed by atoms with Crippen LogP contribution in [0.1, 0.15) is 5.69 Å². The summed E-state index contributed by atoms with van der Waals surface area (Å²) in [6.07, 6.45) is 1.64. The molecule has 0 bridgehead atoms. The molecule has 0 fully saturated rings. The van der Waals surface area contributed by atoms with Crippen LogP contribution in [0.25, 0.3) is 0 Å². The third-order valence-electron chi connectivity index (χ3n) is 1.17. The van der Waals surface area contributed by atoms with E-state index >= 15 is 0 Å². The predicted molar refractivity (Wildman–Crippen MR) is 39.3 cm³/mol. The first-order valence-electron chi connectivity index (χ1n) is 3.21. The van der Waals surface area contributed by atoms with Gasteiger partial charge >= 0.3 is 6.01 Å². The Labute approximate surface area is 65.2 Å². The topological polar surface area (TPSA) is 44.2 Å². The van der Waals surface area contributed by atoms with Crippen molar-refractivity contribution in [3.8, 4) is 6.01 Å². The molecule has 1 aromatic rings. The van der Waals surface area contributed by atoms with Crippen LogP contribution in [-0.4, -0.2) is 24.2 Å². The van der Waals surface area contributed by atoms with Crippen LogP contribution < -0.4 is 4.74 Å². The standard InChI is InChI=1S/C7H10N2O2/c1-10-5-6-3-4-8-7(9-6)11-2/h3-4H,5H2,1-2H3. The molecule has 0 aliphatic heterocycles. The van der Waals surface area contributed by atoms with Crippen molar-refractivity contribution in [2.45, 2.75) is 6.61 Å². The van der Waals surface area contributed by atoms with E-state index in [9.17, 15) is 0 Å². The Morgan fingerprint density at radius 1 is 1.45 bits per heavy atom. The number of aromatic nitrogens is 2. The van der Waals surface area contributed by atoms with Crippen molar-refractivity contribution in [3.05, 3.63) is 18.0 Å². The summed E-state index contributed by atoms with van der Waals surface area (Å²) >= 11 is 0. The van der Waals surface area contributed by atoms with Gasteiger partial charge in [0.2, 0.25) is 0 Å². The van der Waals surface area contributed by atoms with Crippen molar-refractivity contribution >= 4 is 0 Å². The van der Waals surface area contributed by atoms with Crippen LogP contribution in [0.15, 0.2) is 12.3 Å². The van der Waals surface area contributed by atoms with Crippen LogP contribution in [-0.2, 0) is 11.3 Å². The van der Waals surface area contributed by atoms with E-state index in [0.29, 0.717) is 12.6 Å². The SMILES string of the molecule is COCc1ccnc(OC)n1. The Hall–Kier alpha value is -1.16. The molecule has 0 radical (unpaired) electrons. The Morgan fingerprint density at radius 2 is 2.27 bits per heavy atom. The smallest absolute Gasteiger partial charge is 0.316 e. The summed E-state index contributed by atoms with van der Waals surface area (Å²) in [5, 5.41) is 0. The summed E-state index contributed by atoms with van der Waals surface area (Å²) in [5.74, 6) is 0. The molecule has 0 saturated heterocycles. The minimum absolute atomic E-state index is 0.375. The zero-order chi connectivity index (χ0) is 8.10. The zero-order valence-corrected chi connectivity index (χ0v) is 6.57. The first kappa shape index (κ1) is 7.94. The molecular formula is C7H10N2O2. The Balaban J connectivity index is 2.74. The van der Waals surface area contributed by atoms with Crippen molar-refractivity contribution in [2.24, 2.45) is 0 Å². The Kier molecular flexibility index (Phi) is 2.80. The van der Waals surface area contributed by atoms with Crippen LogP contribution in [0.3, 0.4) is 0 Å². The number of rotatable bonds is 3. The first-order valence-corrected chi connectivity index (χ1v) is 3.21. The fraction of sp³-hybridized carbons (Fsp3) is 0.429. The number of ether oxygens (including phenoxy) is 2. The van der Waals surface area contributed by atoms with Gasteiger partial charge in [-0.3, -0.25) is 0 Å². The Bertz CT molecular complexity index is 227. The lowest BCUT2D eigenvalue weighted by atomic mass is 10.4. The van der Waals surface area contributed by atoms with E-state index < -0.39 is 0 Å². The number of nitrogens with zero attached hydrogens (tertiary/aromatic N) is 2.